The molecule has 1 rings (SSSR count). The summed E-state index contributed by atoms with van der Waals surface area (Å²) in [4.78, 5) is 0.903. The molecule has 11 heavy (non-hydrogen) atoms. The fraction of sp³-hybridized carbons (Fsp3) is 0.600. The van der Waals surface area contributed by atoms with E-state index < -0.39 is 6.17 Å². The van der Waals surface area contributed by atoms with Crippen LogP contribution in [0.5, 0.6) is 0 Å². The third-order valence-corrected chi connectivity index (χ3v) is 2.32. The van der Waals surface area contributed by atoms with Crippen LogP contribution < -0.4 is 10.0 Å². The second-order valence-corrected chi connectivity index (χ2v) is 3.04. The van der Waals surface area contributed by atoms with E-state index in [1.807, 2.05) is 0 Å². The molecule has 0 aromatic carbocycles. The molecule has 0 saturated carbocycles. The van der Waals surface area contributed by atoms with Gasteiger partial charge in [-0.25, -0.2) is 4.90 Å². The molecule has 0 aliphatic carbocycles. The van der Waals surface area contributed by atoms with E-state index in [2.05, 4.69) is 0 Å². The first-order chi connectivity index (χ1) is 5.00. The summed E-state index contributed by atoms with van der Waals surface area (Å²) in [5.74, 6) is 0. The van der Waals surface area contributed by atoms with Crippen molar-refractivity contribution in [1.82, 2.24) is 4.90 Å². The van der Waals surface area contributed by atoms with Gasteiger partial charge >= 0.3 is 6.17 Å². The molecular formula is C5H10F2N3S+. The monoisotopic (exact) mass is 182 g/mol. The average Bonchev–Trinajstić information content (AvgIpc) is 2.14. The molecule has 0 spiro atoms. The van der Waals surface area contributed by atoms with E-state index in [0.29, 0.717) is 5.03 Å². The summed E-state index contributed by atoms with van der Waals surface area (Å²) in [6.07, 6.45) is -1.47. The van der Waals surface area contributed by atoms with Crippen molar-refractivity contribution >= 4 is 11.9 Å². The Morgan fingerprint density at radius 1 is 1.73 bits per heavy atom. The van der Waals surface area contributed by atoms with Crippen LogP contribution in [0.15, 0.2) is 11.2 Å². The smallest absolute Gasteiger partial charge is 0.272 e. The normalized spacial score (nSPS) is 29.0. The predicted octanol–water partition coefficient (Wildman–Crippen LogP) is -0.597. The highest BCUT2D eigenvalue weighted by molar-refractivity contribution is 8.00. The molecule has 0 radical (unpaired) electrons. The van der Waals surface area contributed by atoms with Gasteiger partial charge in [0.2, 0.25) is 0 Å². The maximum atomic E-state index is 12.9. The lowest BCUT2D eigenvalue weighted by molar-refractivity contribution is -0.933. The average molecular weight is 182 g/mol. The summed E-state index contributed by atoms with van der Waals surface area (Å²) in [5, 5.41) is 5.56. The quantitative estimate of drug-likeness (QED) is 0.420. The molecule has 1 heterocycles. The van der Waals surface area contributed by atoms with Crippen LogP contribution in [0.1, 0.15) is 0 Å². The summed E-state index contributed by atoms with van der Waals surface area (Å²) < 4.78 is 25.9. The summed E-state index contributed by atoms with van der Waals surface area (Å²) >= 11 is 0.833. The number of nitrogens with zero attached hydrogens (tertiary/aromatic N) is 1. The Morgan fingerprint density at radius 2 is 2.27 bits per heavy atom. The van der Waals surface area contributed by atoms with Gasteiger partial charge in [0, 0.05) is 7.05 Å². The van der Waals surface area contributed by atoms with Crippen LogP contribution in [0, 0.1) is 0 Å². The van der Waals surface area contributed by atoms with Crippen LogP contribution in [0.2, 0.25) is 0 Å². The first-order valence-corrected chi connectivity index (χ1v) is 3.92. The maximum absolute atomic E-state index is 12.9. The minimum absolute atomic E-state index is 0.0351. The van der Waals surface area contributed by atoms with Crippen LogP contribution in [-0.2, 0) is 0 Å². The first kappa shape index (κ1) is 8.76. The Balaban J connectivity index is 2.84. The lowest BCUT2D eigenvalue weighted by Crippen LogP contribution is -3.11. The Kier molecular flexibility index (Phi) is 2.08. The van der Waals surface area contributed by atoms with Crippen LogP contribution in [0.4, 0.5) is 8.78 Å². The Morgan fingerprint density at radius 3 is 2.45 bits per heavy atom. The van der Waals surface area contributed by atoms with Gasteiger partial charge in [0.15, 0.2) is 0 Å². The first-order valence-electron chi connectivity index (χ1n) is 3.04. The van der Waals surface area contributed by atoms with Crippen molar-refractivity contribution in [3.8, 4) is 0 Å². The number of alkyl halides is 2. The minimum atomic E-state index is -2.86. The van der Waals surface area contributed by atoms with Crippen LogP contribution in [0.3, 0.4) is 0 Å². The molecule has 3 N–H and O–H groups in total. The fourth-order valence-electron chi connectivity index (χ4n) is 0.885. The van der Waals surface area contributed by atoms with Crippen molar-refractivity contribution in [3.05, 3.63) is 11.2 Å². The molecule has 0 aromatic heterocycles. The molecule has 1 aliphatic rings. The second kappa shape index (κ2) is 2.62. The number of nitrogens with two attached hydrogens (primary N) is 1. The molecule has 0 fully saturated rings. The maximum Gasteiger partial charge on any atom is 0.488 e. The number of rotatable bonds is 1. The van der Waals surface area contributed by atoms with Gasteiger partial charge in [0.05, 0.1) is 7.05 Å². The zero-order chi connectivity index (χ0) is 8.65. The van der Waals surface area contributed by atoms with Crippen molar-refractivity contribution in [1.29, 1.82) is 0 Å². The summed E-state index contributed by atoms with van der Waals surface area (Å²) in [7, 11) is 2.71. The SMILES string of the molecule is CN1C(SN)=C[NH+](C)C1(F)F. The fourth-order valence-corrected chi connectivity index (χ4v) is 1.40. The van der Waals surface area contributed by atoms with Gasteiger partial charge in [0.25, 0.3) is 0 Å². The van der Waals surface area contributed by atoms with E-state index in [-0.39, 0.29) is 4.90 Å². The Hall–Kier alpha value is -0.330. The Labute approximate surface area is 68.0 Å². The van der Waals surface area contributed by atoms with E-state index in [0.717, 1.165) is 16.8 Å². The molecule has 64 valence electrons. The highest BCUT2D eigenvalue weighted by Gasteiger charge is 2.50. The van der Waals surface area contributed by atoms with E-state index in [9.17, 15) is 8.78 Å². The highest BCUT2D eigenvalue weighted by atomic mass is 32.2. The van der Waals surface area contributed by atoms with Gasteiger partial charge in [-0.05, 0) is 11.9 Å². The van der Waals surface area contributed by atoms with Gasteiger partial charge in [-0.15, -0.1) is 8.78 Å². The van der Waals surface area contributed by atoms with Crippen LogP contribution >= 0.6 is 11.9 Å². The largest absolute Gasteiger partial charge is 0.488 e. The third-order valence-electron chi connectivity index (χ3n) is 1.69. The van der Waals surface area contributed by atoms with Crippen molar-refractivity contribution in [2.75, 3.05) is 14.1 Å². The number of hydrogen-bond acceptors (Lipinski definition) is 3. The Bertz CT molecular complexity index is 194. The van der Waals surface area contributed by atoms with Crippen molar-refractivity contribution in [2.24, 2.45) is 5.14 Å². The molecule has 6 heteroatoms. The highest BCUT2D eigenvalue weighted by Crippen LogP contribution is 2.24. The lowest BCUT2D eigenvalue weighted by Gasteiger charge is -2.21. The van der Waals surface area contributed by atoms with E-state index in [4.69, 9.17) is 5.14 Å². The van der Waals surface area contributed by atoms with Gasteiger partial charge in [-0.3, -0.25) is 10.0 Å². The zero-order valence-corrected chi connectivity index (χ0v) is 7.08. The molecule has 1 atom stereocenters. The zero-order valence-electron chi connectivity index (χ0n) is 6.27. The standard InChI is InChI=1S/C5H9F2N3S/c1-9-3-4(11-8)10(2)5(9,6)7/h3H,8H2,1-2H3/p+1. The topological polar surface area (TPSA) is 33.7 Å². The van der Waals surface area contributed by atoms with E-state index in [1.54, 1.807) is 0 Å². The van der Waals surface area contributed by atoms with Crippen LogP contribution in [-0.4, -0.2) is 25.2 Å². The lowest BCUT2D eigenvalue weighted by atomic mass is 10.7. The molecule has 0 bridgehead atoms. The van der Waals surface area contributed by atoms with Gasteiger partial charge in [-0.1, -0.05) is 0 Å². The van der Waals surface area contributed by atoms with Crippen molar-refractivity contribution in [3.63, 3.8) is 0 Å². The molecule has 0 saturated heterocycles. The van der Waals surface area contributed by atoms with Crippen LogP contribution in [0.25, 0.3) is 0 Å². The molecule has 3 nitrogen and oxygen atoms in total. The third kappa shape index (κ3) is 1.21. The summed E-state index contributed by atoms with van der Waals surface area (Å²) in [6.45, 7) is 0. The summed E-state index contributed by atoms with van der Waals surface area (Å²) in [6, 6.07) is 0. The van der Waals surface area contributed by atoms with Crippen molar-refractivity contribution in [2.45, 2.75) is 6.17 Å². The summed E-state index contributed by atoms with van der Waals surface area (Å²) in [5.41, 5.74) is 0. The molecule has 0 amide bonds. The van der Waals surface area contributed by atoms with E-state index in [1.165, 1.54) is 20.3 Å². The van der Waals surface area contributed by atoms with Gasteiger partial charge in [-0.2, -0.15) is 0 Å². The molecule has 0 aromatic rings. The molecular weight excluding hydrogens is 172 g/mol. The minimum Gasteiger partial charge on any atom is -0.272 e. The van der Waals surface area contributed by atoms with Gasteiger partial charge in [0.1, 0.15) is 11.2 Å². The number of hydrogen-bond donors (Lipinski definition) is 2. The number of halogens is 2. The predicted molar refractivity (Wildman–Crippen MR) is 39.5 cm³/mol. The van der Waals surface area contributed by atoms with Crippen molar-refractivity contribution < 1.29 is 13.7 Å². The number of nitrogens with one attached hydrogen (secondary N) is 1. The molecule has 1 aliphatic heterocycles. The van der Waals surface area contributed by atoms with Gasteiger partial charge < -0.3 is 0 Å². The second-order valence-electron chi connectivity index (χ2n) is 2.38. The molecule has 1 unspecified atom stereocenters. The van der Waals surface area contributed by atoms with E-state index >= 15 is 0 Å². The number of quaternary nitrogens is 1.